The molecule has 0 fully saturated rings. The van der Waals surface area contributed by atoms with Crippen LogP contribution in [0.2, 0.25) is 0 Å². The average Bonchev–Trinajstić information content (AvgIpc) is 1.85. The largest absolute Gasteiger partial charge is 0.359 e. The highest BCUT2D eigenvalue weighted by molar-refractivity contribution is 9.25. The van der Waals surface area contributed by atoms with Gasteiger partial charge in [-0.2, -0.15) is 0 Å². The molecular formula is C5H4Br2N2O2. The van der Waals surface area contributed by atoms with E-state index in [2.05, 4.69) is 37.2 Å². The quantitative estimate of drug-likeness (QED) is 0.345. The molecule has 0 aromatic rings. The number of dihydropyridines is 1. The fraction of sp³-hybridized carbons (Fsp3) is 0.200. The van der Waals surface area contributed by atoms with Crippen molar-refractivity contribution in [3.63, 3.8) is 0 Å². The van der Waals surface area contributed by atoms with Crippen LogP contribution in [0.5, 0.6) is 0 Å². The second-order valence-electron chi connectivity index (χ2n) is 1.89. The van der Waals surface area contributed by atoms with Crippen molar-refractivity contribution in [2.75, 3.05) is 0 Å². The summed E-state index contributed by atoms with van der Waals surface area (Å²) >= 11 is 6.21. The normalized spacial score (nSPS) is 20.4. The van der Waals surface area contributed by atoms with Gasteiger partial charge >= 0.3 is 0 Å². The molecule has 0 saturated heterocycles. The lowest BCUT2D eigenvalue weighted by molar-refractivity contribution is -0.428. The topological polar surface area (TPSA) is 55.2 Å². The van der Waals surface area contributed by atoms with Crippen LogP contribution in [0, 0.1) is 10.1 Å². The predicted octanol–water partition coefficient (Wildman–Crippen LogP) is 1.71. The number of hydrogen-bond donors (Lipinski definition) is 1. The van der Waals surface area contributed by atoms with Gasteiger partial charge in [-0.15, -0.1) is 0 Å². The van der Waals surface area contributed by atoms with Gasteiger partial charge in [0, 0.05) is 6.08 Å². The lowest BCUT2D eigenvalue weighted by atomic mass is 10.3. The minimum atomic E-state index is -0.932. The highest BCUT2D eigenvalue weighted by atomic mass is 79.9. The zero-order chi connectivity index (χ0) is 8.48. The zero-order valence-electron chi connectivity index (χ0n) is 5.25. The third kappa shape index (κ3) is 1.81. The summed E-state index contributed by atoms with van der Waals surface area (Å²) in [5.74, 6) is 0. The predicted molar refractivity (Wildman–Crippen MR) is 47.9 cm³/mol. The molecule has 1 aliphatic heterocycles. The summed E-state index contributed by atoms with van der Waals surface area (Å²) in [6.45, 7) is 0. The minimum absolute atomic E-state index is 0.0278. The van der Waals surface area contributed by atoms with Crippen LogP contribution in [0.4, 0.5) is 0 Å². The van der Waals surface area contributed by atoms with Gasteiger partial charge in [-0.3, -0.25) is 10.1 Å². The summed E-state index contributed by atoms with van der Waals surface area (Å²) in [4.78, 5) is 9.92. The number of rotatable bonds is 1. The van der Waals surface area contributed by atoms with Crippen molar-refractivity contribution < 1.29 is 4.92 Å². The molecule has 0 spiro atoms. The molecule has 4 nitrogen and oxygen atoms in total. The molecule has 1 N–H and O–H groups in total. The summed E-state index contributed by atoms with van der Waals surface area (Å²) in [5.41, 5.74) is 0.0278. The number of alkyl halides is 2. The Kier molecular flexibility index (Phi) is 2.34. The summed E-state index contributed by atoms with van der Waals surface area (Å²) in [7, 11) is 0. The lowest BCUT2D eigenvalue weighted by Gasteiger charge is -2.19. The Labute approximate surface area is 79.8 Å². The molecule has 0 aromatic carbocycles. The van der Waals surface area contributed by atoms with Crippen molar-refractivity contribution in [3.05, 3.63) is 34.2 Å². The van der Waals surface area contributed by atoms with E-state index in [1.54, 1.807) is 12.3 Å². The fourth-order valence-corrected chi connectivity index (χ4v) is 1.46. The maximum absolute atomic E-state index is 10.4. The van der Waals surface area contributed by atoms with E-state index in [-0.39, 0.29) is 5.70 Å². The van der Waals surface area contributed by atoms with E-state index in [1.165, 1.54) is 6.08 Å². The average molecular weight is 284 g/mol. The maximum atomic E-state index is 10.4. The van der Waals surface area contributed by atoms with Crippen LogP contribution in [-0.2, 0) is 0 Å². The standard InChI is InChI=1S/C5H4Br2N2O2/c6-5(7)4(9(10)11)2-1-3-8-5/h1-3,8H. The molecule has 0 saturated carbocycles. The molecule has 11 heavy (non-hydrogen) atoms. The second kappa shape index (κ2) is 2.94. The van der Waals surface area contributed by atoms with Gasteiger partial charge in [0.2, 0.25) is 3.36 Å². The minimum Gasteiger partial charge on any atom is -0.359 e. The van der Waals surface area contributed by atoms with E-state index in [4.69, 9.17) is 0 Å². The number of halogens is 2. The molecule has 0 aliphatic carbocycles. The summed E-state index contributed by atoms with van der Waals surface area (Å²) in [5, 5.41) is 13.1. The number of nitro groups is 1. The highest BCUT2D eigenvalue weighted by Gasteiger charge is 2.37. The first-order valence-electron chi connectivity index (χ1n) is 2.71. The van der Waals surface area contributed by atoms with Crippen LogP contribution in [0.3, 0.4) is 0 Å². The fourth-order valence-electron chi connectivity index (χ4n) is 0.646. The van der Waals surface area contributed by atoms with Crippen LogP contribution < -0.4 is 5.32 Å². The molecule has 6 heteroatoms. The third-order valence-corrected chi connectivity index (χ3v) is 2.40. The Bertz CT molecular complexity index is 247. The molecule has 0 amide bonds. The van der Waals surface area contributed by atoms with Gasteiger partial charge < -0.3 is 5.32 Å². The molecule has 0 unspecified atom stereocenters. The van der Waals surface area contributed by atoms with Crippen molar-refractivity contribution in [1.82, 2.24) is 5.32 Å². The Morgan fingerprint density at radius 1 is 1.64 bits per heavy atom. The number of hydrogen-bond acceptors (Lipinski definition) is 3. The van der Waals surface area contributed by atoms with Gasteiger partial charge in [-0.25, -0.2) is 0 Å². The monoisotopic (exact) mass is 282 g/mol. The Morgan fingerprint density at radius 3 is 2.64 bits per heavy atom. The summed E-state index contributed by atoms with van der Waals surface area (Å²) in [6.07, 6.45) is 4.59. The molecule has 1 aliphatic rings. The maximum Gasteiger partial charge on any atom is 0.293 e. The van der Waals surface area contributed by atoms with Gasteiger partial charge in [0.1, 0.15) is 0 Å². The first kappa shape index (κ1) is 8.73. The van der Waals surface area contributed by atoms with Crippen LogP contribution >= 0.6 is 31.9 Å². The molecule has 0 atom stereocenters. The van der Waals surface area contributed by atoms with Crippen molar-refractivity contribution >= 4 is 31.9 Å². The van der Waals surface area contributed by atoms with Crippen molar-refractivity contribution in [1.29, 1.82) is 0 Å². The molecule has 1 rings (SSSR count). The van der Waals surface area contributed by atoms with Gasteiger partial charge in [-0.1, -0.05) is 0 Å². The Hall–Kier alpha value is -0.360. The van der Waals surface area contributed by atoms with Crippen molar-refractivity contribution in [2.45, 2.75) is 3.36 Å². The van der Waals surface area contributed by atoms with E-state index in [1.807, 2.05) is 0 Å². The molecule has 0 radical (unpaired) electrons. The van der Waals surface area contributed by atoms with E-state index in [9.17, 15) is 10.1 Å². The first-order valence-corrected chi connectivity index (χ1v) is 4.30. The third-order valence-electron chi connectivity index (χ3n) is 1.13. The molecular weight excluding hydrogens is 280 g/mol. The van der Waals surface area contributed by atoms with Crippen LogP contribution in [0.25, 0.3) is 0 Å². The van der Waals surface area contributed by atoms with Crippen LogP contribution in [0.1, 0.15) is 0 Å². The summed E-state index contributed by atoms with van der Waals surface area (Å²) < 4.78 is -0.932. The smallest absolute Gasteiger partial charge is 0.293 e. The Morgan fingerprint density at radius 2 is 2.27 bits per heavy atom. The molecule has 0 bridgehead atoms. The number of nitrogens with one attached hydrogen (secondary N) is 1. The van der Waals surface area contributed by atoms with E-state index < -0.39 is 8.28 Å². The second-order valence-corrected chi connectivity index (χ2v) is 5.33. The van der Waals surface area contributed by atoms with E-state index in [0.29, 0.717) is 0 Å². The zero-order valence-corrected chi connectivity index (χ0v) is 8.42. The van der Waals surface area contributed by atoms with Crippen LogP contribution in [-0.4, -0.2) is 8.28 Å². The van der Waals surface area contributed by atoms with Gasteiger partial charge in [-0.05, 0) is 44.1 Å². The summed E-state index contributed by atoms with van der Waals surface area (Å²) in [6, 6.07) is 0. The number of nitrogens with zero attached hydrogens (tertiary/aromatic N) is 1. The van der Waals surface area contributed by atoms with E-state index >= 15 is 0 Å². The Balaban J connectivity index is 2.97. The van der Waals surface area contributed by atoms with Gasteiger partial charge in [0.25, 0.3) is 5.70 Å². The lowest BCUT2D eigenvalue weighted by Crippen LogP contribution is -2.35. The van der Waals surface area contributed by atoms with Gasteiger partial charge in [0.05, 0.1) is 4.92 Å². The van der Waals surface area contributed by atoms with Crippen LogP contribution in [0.15, 0.2) is 24.0 Å². The SMILES string of the molecule is O=[N+]([O-])C1=CC=CNC1(Br)Br. The highest BCUT2D eigenvalue weighted by Crippen LogP contribution is 2.33. The molecule has 1 heterocycles. The first-order chi connectivity index (χ1) is 5.04. The van der Waals surface area contributed by atoms with Gasteiger partial charge in [0.15, 0.2) is 0 Å². The number of allylic oxidation sites excluding steroid dienone is 2. The van der Waals surface area contributed by atoms with Crippen molar-refractivity contribution in [3.8, 4) is 0 Å². The van der Waals surface area contributed by atoms with E-state index in [0.717, 1.165) is 0 Å². The van der Waals surface area contributed by atoms with Crippen molar-refractivity contribution in [2.24, 2.45) is 0 Å². The molecule has 60 valence electrons. The molecule has 0 aromatic heterocycles.